The second kappa shape index (κ2) is 14.6. The van der Waals surface area contributed by atoms with Crippen LogP contribution >= 0.6 is 0 Å². The van der Waals surface area contributed by atoms with Crippen LogP contribution in [0.3, 0.4) is 0 Å². The molecule has 1 aliphatic rings. The lowest BCUT2D eigenvalue weighted by Crippen LogP contribution is -2.28. The normalized spacial score (nSPS) is 12.7. The summed E-state index contributed by atoms with van der Waals surface area (Å²) in [6.45, 7) is 0. The Labute approximate surface area is 373 Å². The number of fused-ring (bicyclic) bond motifs is 6. The van der Waals surface area contributed by atoms with Crippen molar-refractivity contribution in [3.05, 3.63) is 235 Å². The van der Waals surface area contributed by atoms with E-state index in [-0.39, 0.29) is 0 Å². The van der Waals surface area contributed by atoms with Crippen molar-refractivity contribution >= 4 is 33.0 Å². The van der Waals surface area contributed by atoms with E-state index in [2.05, 4.69) is 146 Å². The van der Waals surface area contributed by atoms with Crippen LogP contribution in [0.15, 0.2) is 221 Å². The average molecular weight is 834 g/mol. The van der Waals surface area contributed by atoms with Gasteiger partial charge in [0.05, 0.1) is 5.41 Å². The number of para-hydroxylation sites is 4. The van der Waals surface area contributed by atoms with Gasteiger partial charge >= 0.3 is 0 Å². The molecule has 0 fully saturated rings. The molecule has 0 N–H and O–H groups in total. The summed E-state index contributed by atoms with van der Waals surface area (Å²) in [4.78, 5) is 25.7. The van der Waals surface area contributed by atoms with Crippen LogP contribution < -0.4 is 0 Å². The summed E-state index contributed by atoms with van der Waals surface area (Å²) in [6, 6.07) is 73.3. The van der Waals surface area contributed by atoms with Crippen molar-refractivity contribution in [2.45, 2.75) is 5.41 Å². The zero-order valence-electron chi connectivity index (χ0n) is 34.8. The molecule has 0 unspecified atom stereocenters. The van der Waals surface area contributed by atoms with Crippen LogP contribution in [0.4, 0.5) is 0 Å². The van der Waals surface area contributed by atoms with E-state index in [0.717, 1.165) is 49.6 Å². The Morgan fingerprint density at radius 2 is 0.785 bits per heavy atom. The zero-order valence-corrected chi connectivity index (χ0v) is 34.8. The van der Waals surface area contributed by atoms with E-state index in [9.17, 15) is 0 Å². The number of hydrogen-bond donors (Lipinski definition) is 0. The zero-order chi connectivity index (χ0) is 42.9. The summed E-state index contributed by atoms with van der Waals surface area (Å²) >= 11 is 0. The highest BCUT2D eigenvalue weighted by Crippen LogP contribution is 2.56. The largest absolute Gasteiger partial charge is 0.436 e. The molecule has 12 aromatic rings. The second-order valence-corrected chi connectivity index (χ2v) is 16.4. The van der Waals surface area contributed by atoms with Crippen LogP contribution in [0.5, 0.6) is 0 Å². The summed E-state index contributed by atoms with van der Waals surface area (Å²) in [7, 11) is 0. The summed E-state index contributed by atoms with van der Waals surface area (Å²) in [5.41, 5.74) is 13.4. The first-order chi connectivity index (χ1) is 32.2. The fourth-order valence-corrected chi connectivity index (χ4v) is 9.67. The lowest BCUT2D eigenvalue weighted by molar-refractivity contribution is 0.617. The maximum Gasteiger partial charge on any atom is 0.227 e. The first kappa shape index (κ1) is 36.8. The molecular formula is C58H35N5O2. The Kier molecular flexibility index (Phi) is 8.29. The standard InChI is InChI=1S/C58H35N5O2/c1-3-17-43(18-4-1)58(44-19-5-2-6-20-44)47-22-10-9-21-45(47)46-30-29-39(35-48(46)58)54-61-53(38-28-27-36-15-7-8-16-37(36)31-38)62-55(63-54)40-32-41(56-59-49-23-11-13-25-51(49)64-56)34-42(33-40)57-60-50-24-12-14-26-52(50)65-57/h1-35H. The molecule has 65 heavy (non-hydrogen) atoms. The van der Waals surface area contributed by atoms with E-state index >= 15 is 0 Å². The van der Waals surface area contributed by atoms with Crippen LogP contribution in [0, 0.1) is 0 Å². The van der Waals surface area contributed by atoms with Crippen molar-refractivity contribution in [3.8, 4) is 68.2 Å². The molecule has 0 saturated carbocycles. The predicted octanol–water partition coefficient (Wildman–Crippen LogP) is 14.0. The molecule has 0 atom stereocenters. The molecule has 3 heterocycles. The Morgan fingerprint density at radius 3 is 1.42 bits per heavy atom. The van der Waals surface area contributed by atoms with Crippen LogP contribution in [0.2, 0.25) is 0 Å². The minimum absolute atomic E-state index is 0.464. The minimum atomic E-state index is -0.593. The quantitative estimate of drug-likeness (QED) is 0.158. The van der Waals surface area contributed by atoms with Gasteiger partial charge in [-0.15, -0.1) is 0 Å². The first-order valence-corrected chi connectivity index (χ1v) is 21.6. The van der Waals surface area contributed by atoms with Crippen molar-refractivity contribution in [1.82, 2.24) is 24.9 Å². The van der Waals surface area contributed by atoms with Crippen molar-refractivity contribution in [2.75, 3.05) is 0 Å². The number of oxazole rings is 2. The molecule has 3 aromatic heterocycles. The van der Waals surface area contributed by atoms with Gasteiger partial charge in [0.15, 0.2) is 28.6 Å². The summed E-state index contributed by atoms with van der Waals surface area (Å²) in [5, 5.41) is 2.23. The monoisotopic (exact) mass is 833 g/mol. The topological polar surface area (TPSA) is 90.7 Å². The fraction of sp³-hybridized carbons (Fsp3) is 0.0172. The lowest BCUT2D eigenvalue weighted by Gasteiger charge is -2.34. The molecule has 0 aliphatic heterocycles. The molecule has 304 valence electrons. The third-order valence-corrected chi connectivity index (χ3v) is 12.6. The maximum atomic E-state index is 6.37. The molecular weight excluding hydrogens is 799 g/mol. The third-order valence-electron chi connectivity index (χ3n) is 12.6. The van der Waals surface area contributed by atoms with E-state index in [1.807, 2.05) is 66.7 Å². The number of aromatic nitrogens is 5. The molecule has 0 amide bonds. The fourth-order valence-electron chi connectivity index (χ4n) is 9.67. The molecule has 1 aliphatic carbocycles. The number of benzene rings is 9. The van der Waals surface area contributed by atoms with Gasteiger partial charge in [-0.05, 0) is 98.8 Å². The SMILES string of the molecule is c1ccc(C2(c3ccccc3)c3ccccc3-c3ccc(-c4nc(-c5cc(-c6nc7ccccc7o6)cc(-c6nc7ccccc7o6)c5)nc(-c5ccc6ccccc6c5)n4)cc32)cc1. The van der Waals surface area contributed by atoms with Gasteiger partial charge in [0.2, 0.25) is 11.8 Å². The van der Waals surface area contributed by atoms with Crippen molar-refractivity contribution in [1.29, 1.82) is 0 Å². The van der Waals surface area contributed by atoms with Gasteiger partial charge in [0.1, 0.15) is 11.0 Å². The van der Waals surface area contributed by atoms with Crippen molar-refractivity contribution in [2.24, 2.45) is 0 Å². The van der Waals surface area contributed by atoms with Crippen LogP contribution in [-0.2, 0) is 5.41 Å². The summed E-state index contributed by atoms with van der Waals surface area (Å²) in [5.74, 6) is 2.50. The molecule has 0 saturated heterocycles. The highest BCUT2D eigenvalue weighted by Gasteiger charge is 2.46. The Hall–Kier alpha value is -8.81. The smallest absolute Gasteiger partial charge is 0.227 e. The van der Waals surface area contributed by atoms with Crippen LogP contribution in [0.1, 0.15) is 22.3 Å². The van der Waals surface area contributed by atoms with E-state index in [4.69, 9.17) is 33.8 Å². The highest BCUT2D eigenvalue weighted by molar-refractivity contribution is 5.90. The van der Waals surface area contributed by atoms with Gasteiger partial charge in [0.25, 0.3) is 0 Å². The summed E-state index contributed by atoms with van der Waals surface area (Å²) in [6.07, 6.45) is 0. The van der Waals surface area contributed by atoms with Gasteiger partial charge < -0.3 is 8.83 Å². The van der Waals surface area contributed by atoms with Crippen LogP contribution in [-0.4, -0.2) is 24.9 Å². The molecule has 7 nitrogen and oxygen atoms in total. The van der Waals surface area contributed by atoms with E-state index in [1.165, 1.54) is 33.4 Å². The van der Waals surface area contributed by atoms with E-state index < -0.39 is 5.41 Å². The van der Waals surface area contributed by atoms with E-state index in [0.29, 0.717) is 40.4 Å². The second-order valence-electron chi connectivity index (χ2n) is 16.4. The predicted molar refractivity (Wildman–Crippen MR) is 257 cm³/mol. The Morgan fingerprint density at radius 1 is 0.308 bits per heavy atom. The Bertz CT molecular complexity index is 3600. The number of hydrogen-bond acceptors (Lipinski definition) is 7. The van der Waals surface area contributed by atoms with Crippen molar-refractivity contribution in [3.63, 3.8) is 0 Å². The molecule has 0 radical (unpaired) electrons. The molecule has 13 rings (SSSR count). The van der Waals surface area contributed by atoms with Crippen molar-refractivity contribution < 1.29 is 8.83 Å². The minimum Gasteiger partial charge on any atom is -0.436 e. The van der Waals surface area contributed by atoms with Gasteiger partial charge in [0, 0.05) is 27.8 Å². The number of nitrogens with zero attached hydrogens (tertiary/aromatic N) is 5. The average Bonchev–Trinajstić information content (AvgIpc) is 4.10. The summed E-state index contributed by atoms with van der Waals surface area (Å²) < 4.78 is 12.7. The van der Waals surface area contributed by atoms with Gasteiger partial charge in [-0.1, -0.05) is 158 Å². The van der Waals surface area contributed by atoms with Gasteiger partial charge in [-0.25, -0.2) is 24.9 Å². The van der Waals surface area contributed by atoms with Gasteiger partial charge in [-0.3, -0.25) is 0 Å². The first-order valence-electron chi connectivity index (χ1n) is 21.6. The Balaban J connectivity index is 1.06. The third kappa shape index (κ3) is 6.01. The maximum absolute atomic E-state index is 6.37. The van der Waals surface area contributed by atoms with Crippen LogP contribution in [0.25, 0.3) is 101 Å². The number of rotatable bonds is 7. The molecule has 0 spiro atoms. The molecule has 9 aromatic carbocycles. The lowest BCUT2D eigenvalue weighted by atomic mass is 9.67. The van der Waals surface area contributed by atoms with Gasteiger partial charge in [-0.2, -0.15) is 0 Å². The molecule has 7 heteroatoms. The highest BCUT2D eigenvalue weighted by atomic mass is 16.4. The molecule has 0 bridgehead atoms. The van der Waals surface area contributed by atoms with E-state index in [1.54, 1.807) is 0 Å².